The number of fused-ring (bicyclic) bond motifs is 1. The van der Waals surface area contributed by atoms with Crippen LogP contribution in [-0.4, -0.2) is 29.6 Å². The highest BCUT2D eigenvalue weighted by Gasteiger charge is 2.32. The standard InChI is InChI=1S/C19H21NO4/c1-3-7-14-12(4-2)17(13-8-5-6-9-15(13)20-14)19(22)24-16-10-11-23-18(16)21/h5-6,8-9,16H,3-4,7,10-11H2,1-2H3/t16-/m1/s1. The van der Waals surface area contributed by atoms with Gasteiger partial charge >= 0.3 is 11.9 Å². The fraction of sp³-hybridized carbons (Fsp3) is 0.421. The van der Waals surface area contributed by atoms with Gasteiger partial charge in [0.05, 0.1) is 17.7 Å². The number of esters is 2. The Labute approximate surface area is 141 Å². The average Bonchev–Trinajstić information content (AvgIpc) is 2.98. The van der Waals surface area contributed by atoms with Gasteiger partial charge in [0, 0.05) is 17.5 Å². The molecule has 0 bridgehead atoms. The van der Waals surface area contributed by atoms with Gasteiger partial charge in [0.15, 0.2) is 0 Å². The van der Waals surface area contributed by atoms with Crippen LogP contribution < -0.4 is 0 Å². The summed E-state index contributed by atoms with van der Waals surface area (Å²) >= 11 is 0. The zero-order valence-corrected chi connectivity index (χ0v) is 14.0. The van der Waals surface area contributed by atoms with Crippen molar-refractivity contribution < 1.29 is 19.1 Å². The van der Waals surface area contributed by atoms with Crippen molar-refractivity contribution in [1.82, 2.24) is 4.98 Å². The normalized spacial score (nSPS) is 17.1. The summed E-state index contributed by atoms with van der Waals surface area (Å²) in [6.07, 6.45) is 2.05. The summed E-state index contributed by atoms with van der Waals surface area (Å²) in [5.74, 6) is -0.930. The number of hydrogen-bond donors (Lipinski definition) is 0. The second-order valence-electron chi connectivity index (χ2n) is 5.88. The first-order valence-corrected chi connectivity index (χ1v) is 8.43. The molecule has 1 fully saturated rings. The molecular formula is C19H21NO4. The molecule has 1 aromatic carbocycles. The number of para-hydroxylation sites is 1. The number of pyridine rings is 1. The van der Waals surface area contributed by atoms with Crippen molar-refractivity contribution in [2.75, 3.05) is 6.61 Å². The minimum atomic E-state index is -0.802. The number of aromatic nitrogens is 1. The zero-order valence-electron chi connectivity index (χ0n) is 14.0. The van der Waals surface area contributed by atoms with Crippen molar-refractivity contribution in [3.05, 3.63) is 41.1 Å². The fourth-order valence-electron chi connectivity index (χ4n) is 3.13. The van der Waals surface area contributed by atoms with E-state index < -0.39 is 18.0 Å². The average molecular weight is 327 g/mol. The minimum absolute atomic E-state index is 0.301. The molecule has 0 N–H and O–H groups in total. The van der Waals surface area contributed by atoms with Crippen molar-refractivity contribution in [3.63, 3.8) is 0 Å². The quantitative estimate of drug-likeness (QED) is 0.789. The predicted molar refractivity (Wildman–Crippen MR) is 89.9 cm³/mol. The fourth-order valence-corrected chi connectivity index (χ4v) is 3.13. The van der Waals surface area contributed by atoms with Gasteiger partial charge in [-0.25, -0.2) is 9.59 Å². The molecule has 0 unspecified atom stereocenters. The molecule has 24 heavy (non-hydrogen) atoms. The summed E-state index contributed by atoms with van der Waals surface area (Å²) in [6.45, 7) is 4.39. The Balaban J connectivity index is 2.09. The minimum Gasteiger partial charge on any atom is -0.463 e. The highest BCUT2D eigenvalue weighted by Crippen LogP contribution is 2.27. The number of carbonyl (C=O) groups excluding carboxylic acids is 2. The van der Waals surface area contributed by atoms with Crippen LogP contribution in [-0.2, 0) is 27.1 Å². The molecule has 0 radical (unpaired) electrons. The maximum Gasteiger partial charge on any atom is 0.347 e. The van der Waals surface area contributed by atoms with E-state index in [4.69, 9.17) is 14.5 Å². The van der Waals surface area contributed by atoms with E-state index in [2.05, 4.69) is 6.92 Å². The Morgan fingerprint density at radius 2 is 2.12 bits per heavy atom. The topological polar surface area (TPSA) is 65.5 Å². The molecule has 0 aliphatic carbocycles. The van der Waals surface area contributed by atoms with Crippen LogP contribution in [0, 0.1) is 0 Å². The predicted octanol–water partition coefficient (Wildman–Crippen LogP) is 3.22. The van der Waals surface area contributed by atoms with Crippen LogP contribution in [0.1, 0.15) is 48.3 Å². The van der Waals surface area contributed by atoms with Gasteiger partial charge in [-0.1, -0.05) is 38.5 Å². The van der Waals surface area contributed by atoms with Crippen molar-refractivity contribution in [3.8, 4) is 0 Å². The number of hydrogen-bond acceptors (Lipinski definition) is 5. The summed E-state index contributed by atoms with van der Waals surface area (Å²) in [5.41, 5.74) is 3.15. The van der Waals surface area contributed by atoms with Crippen molar-refractivity contribution in [2.45, 2.75) is 45.6 Å². The van der Waals surface area contributed by atoms with E-state index in [1.165, 1.54) is 0 Å². The van der Waals surface area contributed by atoms with Crippen LogP contribution in [0.3, 0.4) is 0 Å². The highest BCUT2D eigenvalue weighted by molar-refractivity contribution is 6.05. The Morgan fingerprint density at radius 3 is 2.79 bits per heavy atom. The van der Waals surface area contributed by atoms with Crippen molar-refractivity contribution in [1.29, 1.82) is 0 Å². The Morgan fingerprint density at radius 1 is 1.33 bits per heavy atom. The highest BCUT2D eigenvalue weighted by atomic mass is 16.6. The van der Waals surface area contributed by atoms with E-state index in [0.29, 0.717) is 25.0 Å². The van der Waals surface area contributed by atoms with Gasteiger partial charge in [-0.15, -0.1) is 0 Å². The lowest BCUT2D eigenvalue weighted by atomic mass is 9.96. The molecule has 2 heterocycles. The van der Waals surface area contributed by atoms with Crippen LogP contribution in [0.2, 0.25) is 0 Å². The molecule has 126 valence electrons. The maximum atomic E-state index is 12.8. The molecule has 1 aliphatic rings. The number of benzene rings is 1. The molecular weight excluding hydrogens is 306 g/mol. The summed E-state index contributed by atoms with van der Waals surface area (Å²) in [4.78, 5) is 29.2. The van der Waals surface area contributed by atoms with E-state index in [9.17, 15) is 9.59 Å². The molecule has 5 nitrogen and oxygen atoms in total. The lowest BCUT2D eigenvalue weighted by Gasteiger charge is -2.16. The van der Waals surface area contributed by atoms with Gasteiger partial charge in [-0.05, 0) is 24.5 Å². The first-order valence-electron chi connectivity index (χ1n) is 8.43. The van der Waals surface area contributed by atoms with Crippen molar-refractivity contribution >= 4 is 22.8 Å². The van der Waals surface area contributed by atoms with Gasteiger partial charge in [0.2, 0.25) is 6.10 Å². The molecule has 0 saturated carbocycles. The monoisotopic (exact) mass is 327 g/mol. The third-order valence-corrected chi connectivity index (χ3v) is 4.26. The van der Waals surface area contributed by atoms with E-state index >= 15 is 0 Å². The summed E-state index contributed by atoms with van der Waals surface area (Å²) in [7, 11) is 0. The van der Waals surface area contributed by atoms with Gasteiger partial charge in [0.25, 0.3) is 0 Å². The molecule has 1 aromatic heterocycles. The lowest BCUT2D eigenvalue weighted by molar-refractivity contribution is -0.145. The Kier molecular flexibility index (Phi) is 4.79. The largest absolute Gasteiger partial charge is 0.463 e. The van der Waals surface area contributed by atoms with Crippen LogP contribution in [0.25, 0.3) is 10.9 Å². The summed E-state index contributed by atoms with van der Waals surface area (Å²) in [5, 5.41) is 0.769. The smallest absolute Gasteiger partial charge is 0.347 e. The van der Waals surface area contributed by atoms with E-state index in [0.717, 1.165) is 35.0 Å². The van der Waals surface area contributed by atoms with E-state index in [-0.39, 0.29) is 0 Å². The van der Waals surface area contributed by atoms with Gasteiger partial charge in [-0.2, -0.15) is 0 Å². The van der Waals surface area contributed by atoms with Crippen LogP contribution in [0.4, 0.5) is 0 Å². The Hall–Kier alpha value is -2.43. The van der Waals surface area contributed by atoms with Gasteiger partial charge < -0.3 is 9.47 Å². The molecule has 5 heteroatoms. The number of aryl methyl sites for hydroxylation is 1. The second-order valence-corrected chi connectivity index (χ2v) is 5.88. The number of nitrogens with zero attached hydrogens (tertiary/aromatic N) is 1. The van der Waals surface area contributed by atoms with Crippen LogP contribution in [0.5, 0.6) is 0 Å². The number of ether oxygens (including phenoxy) is 2. The SMILES string of the molecule is CCCc1nc2ccccc2c(C(=O)O[C@@H]2CCOC2=O)c1CC. The molecule has 3 rings (SSSR count). The summed E-state index contributed by atoms with van der Waals surface area (Å²) in [6, 6.07) is 7.55. The van der Waals surface area contributed by atoms with E-state index in [1.807, 2.05) is 31.2 Å². The molecule has 0 amide bonds. The molecule has 1 saturated heterocycles. The van der Waals surface area contributed by atoms with Crippen LogP contribution in [0.15, 0.2) is 24.3 Å². The third kappa shape index (κ3) is 2.98. The summed E-state index contributed by atoms with van der Waals surface area (Å²) < 4.78 is 10.3. The molecule has 1 atom stereocenters. The second kappa shape index (κ2) is 6.99. The number of carbonyl (C=O) groups is 2. The van der Waals surface area contributed by atoms with Crippen LogP contribution >= 0.6 is 0 Å². The maximum absolute atomic E-state index is 12.8. The first-order chi connectivity index (χ1) is 11.7. The number of cyclic esters (lactones) is 1. The van der Waals surface area contributed by atoms with Crippen molar-refractivity contribution in [2.24, 2.45) is 0 Å². The molecule has 0 spiro atoms. The van der Waals surface area contributed by atoms with Gasteiger partial charge in [-0.3, -0.25) is 4.98 Å². The molecule has 2 aromatic rings. The van der Waals surface area contributed by atoms with E-state index in [1.54, 1.807) is 0 Å². The first kappa shape index (κ1) is 16.4. The number of rotatable bonds is 5. The third-order valence-electron chi connectivity index (χ3n) is 4.26. The Bertz CT molecular complexity index is 784. The lowest BCUT2D eigenvalue weighted by Crippen LogP contribution is -2.24. The zero-order chi connectivity index (χ0) is 17.1. The van der Waals surface area contributed by atoms with Gasteiger partial charge in [0.1, 0.15) is 0 Å². The molecule has 1 aliphatic heterocycles.